The van der Waals surface area contributed by atoms with Crippen molar-refractivity contribution in [3.63, 3.8) is 0 Å². The van der Waals surface area contributed by atoms with Gasteiger partial charge in [0, 0.05) is 5.69 Å². The number of hydrogen-bond donors (Lipinski definition) is 3. The molecule has 1 atom stereocenters. The van der Waals surface area contributed by atoms with Gasteiger partial charge < -0.3 is 16.2 Å². The van der Waals surface area contributed by atoms with E-state index in [9.17, 15) is 9.59 Å². The zero-order valence-corrected chi connectivity index (χ0v) is 11.4. The number of amides is 1. The van der Waals surface area contributed by atoms with Gasteiger partial charge in [-0.1, -0.05) is 32.9 Å². The molecule has 0 aliphatic heterocycles. The van der Waals surface area contributed by atoms with Gasteiger partial charge in [0.25, 0.3) is 0 Å². The number of benzene rings is 1. The summed E-state index contributed by atoms with van der Waals surface area (Å²) >= 11 is 0. The van der Waals surface area contributed by atoms with E-state index in [0.717, 1.165) is 0 Å². The molecule has 0 aliphatic rings. The average molecular weight is 264 g/mol. The third-order valence-corrected chi connectivity index (χ3v) is 2.77. The van der Waals surface area contributed by atoms with Crippen LogP contribution in [0.5, 0.6) is 0 Å². The lowest BCUT2D eigenvalue weighted by atomic mass is 9.87. The Labute approximate surface area is 112 Å². The fourth-order valence-corrected chi connectivity index (χ4v) is 1.55. The number of nitrogens with two attached hydrogens (primary N) is 1. The van der Waals surface area contributed by atoms with E-state index < -0.39 is 12.0 Å². The first-order chi connectivity index (χ1) is 8.70. The molecule has 1 unspecified atom stereocenters. The Kier molecular flexibility index (Phi) is 4.67. The van der Waals surface area contributed by atoms with Gasteiger partial charge in [0.15, 0.2) is 0 Å². The maximum absolute atomic E-state index is 11.9. The highest BCUT2D eigenvalue weighted by molar-refractivity contribution is 5.95. The molecule has 104 valence electrons. The first-order valence-corrected chi connectivity index (χ1v) is 6.07. The van der Waals surface area contributed by atoms with Crippen LogP contribution in [0.2, 0.25) is 0 Å². The first-order valence-electron chi connectivity index (χ1n) is 6.07. The Morgan fingerprint density at radius 1 is 1.37 bits per heavy atom. The molecule has 1 aromatic rings. The van der Waals surface area contributed by atoms with Crippen LogP contribution in [0, 0.1) is 5.41 Å². The third kappa shape index (κ3) is 4.71. The van der Waals surface area contributed by atoms with Crippen LogP contribution in [0.3, 0.4) is 0 Å². The van der Waals surface area contributed by atoms with Crippen LogP contribution < -0.4 is 11.1 Å². The maximum atomic E-state index is 11.9. The number of carbonyl (C=O) groups excluding carboxylic acids is 1. The van der Waals surface area contributed by atoms with Crippen molar-refractivity contribution in [2.45, 2.75) is 33.2 Å². The second-order valence-corrected chi connectivity index (χ2v) is 5.60. The van der Waals surface area contributed by atoms with Crippen LogP contribution in [0.1, 0.15) is 26.3 Å². The Morgan fingerprint density at radius 2 is 2.00 bits per heavy atom. The van der Waals surface area contributed by atoms with Gasteiger partial charge in [0.1, 0.15) is 0 Å². The van der Waals surface area contributed by atoms with Gasteiger partial charge in [-0.25, -0.2) is 0 Å². The van der Waals surface area contributed by atoms with Crippen molar-refractivity contribution >= 4 is 17.6 Å². The maximum Gasteiger partial charge on any atom is 0.307 e. The molecule has 0 aliphatic carbocycles. The molecular formula is C14H20N2O3. The fraction of sp³-hybridized carbons (Fsp3) is 0.429. The first kappa shape index (κ1) is 15.2. The van der Waals surface area contributed by atoms with Crippen LogP contribution in [0.25, 0.3) is 0 Å². The highest BCUT2D eigenvalue weighted by Crippen LogP contribution is 2.19. The van der Waals surface area contributed by atoms with Crippen molar-refractivity contribution < 1.29 is 14.7 Å². The molecule has 0 saturated heterocycles. The van der Waals surface area contributed by atoms with E-state index in [1.54, 1.807) is 24.3 Å². The summed E-state index contributed by atoms with van der Waals surface area (Å²) in [5.74, 6) is -1.19. The summed E-state index contributed by atoms with van der Waals surface area (Å²) in [4.78, 5) is 22.6. The van der Waals surface area contributed by atoms with Crippen molar-refractivity contribution in [1.29, 1.82) is 0 Å². The molecule has 5 nitrogen and oxygen atoms in total. The largest absolute Gasteiger partial charge is 0.481 e. The number of carbonyl (C=O) groups is 2. The average Bonchev–Trinajstić information content (AvgIpc) is 2.26. The van der Waals surface area contributed by atoms with Gasteiger partial charge in [0.2, 0.25) is 5.91 Å². The molecule has 0 fully saturated rings. The van der Waals surface area contributed by atoms with Gasteiger partial charge in [-0.3, -0.25) is 9.59 Å². The van der Waals surface area contributed by atoms with Gasteiger partial charge in [-0.15, -0.1) is 0 Å². The van der Waals surface area contributed by atoms with Crippen molar-refractivity contribution in [3.05, 3.63) is 29.8 Å². The standard InChI is InChI=1S/C14H20N2O3/c1-14(2,3)12(15)13(19)16-10-6-4-5-9(7-10)8-11(17)18/h4-7,12H,8,15H2,1-3H3,(H,16,19)(H,17,18). The predicted octanol–water partition coefficient (Wildman–Crippen LogP) is 1.63. The normalized spacial score (nSPS) is 12.8. The van der Waals surface area contributed by atoms with Crippen LogP contribution >= 0.6 is 0 Å². The summed E-state index contributed by atoms with van der Waals surface area (Å²) in [6.45, 7) is 5.66. The Hall–Kier alpha value is -1.88. The number of aliphatic carboxylic acids is 1. The van der Waals surface area contributed by atoms with Gasteiger partial charge in [-0.2, -0.15) is 0 Å². The minimum absolute atomic E-state index is 0.0744. The van der Waals surface area contributed by atoms with Crippen LogP contribution in [0.15, 0.2) is 24.3 Å². The number of anilines is 1. The summed E-state index contributed by atoms with van der Waals surface area (Å²) < 4.78 is 0. The molecule has 0 saturated carbocycles. The lowest BCUT2D eigenvalue weighted by molar-refractivity contribution is -0.136. The lowest BCUT2D eigenvalue weighted by Gasteiger charge is -2.25. The number of hydrogen-bond acceptors (Lipinski definition) is 3. The second kappa shape index (κ2) is 5.84. The van der Waals surface area contributed by atoms with Crippen molar-refractivity contribution in [2.75, 3.05) is 5.32 Å². The quantitative estimate of drug-likeness (QED) is 0.770. The molecule has 0 spiro atoms. The molecule has 0 bridgehead atoms. The molecule has 5 heteroatoms. The molecule has 1 amide bonds. The molecule has 1 aromatic carbocycles. The minimum atomic E-state index is -0.908. The third-order valence-electron chi connectivity index (χ3n) is 2.77. The zero-order valence-electron chi connectivity index (χ0n) is 11.4. The lowest BCUT2D eigenvalue weighted by Crippen LogP contribution is -2.45. The smallest absolute Gasteiger partial charge is 0.307 e. The zero-order chi connectivity index (χ0) is 14.6. The summed E-state index contributed by atoms with van der Waals surface area (Å²) in [6.07, 6.45) is -0.0744. The van der Waals surface area contributed by atoms with Crippen LogP contribution in [-0.2, 0) is 16.0 Å². The predicted molar refractivity (Wildman–Crippen MR) is 73.8 cm³/mol. The van der Waals surface area contributed by atoms with Gasteiger partial charge >= 0.3 is 5.97 Å². The fourth-order valence-electron chi connectivity index (χ4n) is 1.55. The molecule has 0 aromatic heterocycles. The highest BCUT2D eigenvalue weighted by Gasteiger charge is 2.27. The number of rotatable bonds is 4. The van der Waals surface area contributed by atoms with Crippen LogP contribution in [-0.4, -0.2) is 23.0 Å². The molecule has 19 heavy (non-hydrogen) atoms. The summed E-state index contributed by atoms with van der Waals surface area (Å²) in [5, 5.41) is 11.4. The Morgan fingerprint density at radius 3 is 2.53 bits per heavy atom. The number of nitrogens with one attached hydrogen (secondary N) is 1. The summed E-state index contributed by atoms with van der Waals surface area (Å²) in [6, 6.07) is 6.12. The van der Waals surface area contributed by atoms with E-state index >= 15 is 0 Å². The van der Waals surface area contributed by atoms with Crippen molar-refractivity contribution in [3.8, 4) is 0 Å². The van der Waals surface area contributed by atoms with E-state index in [-0.39, 0.29) is 17.7 Å². The van der Waals surface area contributed by atoms with Gasteiger partial charge in [-0.05, 0) is 23.1 Å². The topological polar surface area (TPSA) is 92.4 Å². The molecule has 1 rings (SSSR count). The molecular weight excluding hydrogens is 244 g/mol. The SMILES string of the molecule is CC(C)(C)C(N)C(=O)Nc1cccc(CC(=O)O)c1. The Balaban J connectivity index is 2.77. The molecule has 0 heterocycles. The van der Waals surface area contributed by atoms with Crippen molar-refractivity contribution in [2.24, 2.45) is 11.1 Å². The van der Waals surface area contributed by atoms with E-state index in [1.165, 1.54) is 0 Å². The minimum Gasteiger partial charge on any atom is -0.481 e. The van der Waals surface area contributed by atoms with E-state index in [0.29, 0.717) is 11.3 Å². The summed E-state index contributed by atoms with van der Waals surface area (Å²) in [5.41, 5.74) is 6.72. The van der Waals surface area contributed by atoms with Gasteiger partial charge in [0.05, 0.1) is 12.5 Å². The summed E-state index contributed by atoms with van der Waals surface area (Å²) in [7, 11) is 0. The highest BCUT2D eigenvalue weighted by atomic mass is 16.4. The monoisotopic (exact) mass is 264 g/mol. The van der Waals surface area contributed by atoms with Crippen LogP contribution in [0.4, 0.5) is 5.69 Å². The van der Waals surface area contributed by atoms with E-state index in [1.807, 2.05) is 20.8 Å². The molecule has 0 radical (unpaired) electrons. The Bertz CT molecular complexity index is 478. The van der Waals surface area contributed by atoms with Crippen molar-refractivity contribution in [1.82, 2.24) is 0 Å². The van der Waals surface area contributed by atoms with E-state index in [4.69, 9.17) is 10.8 Å². The van der Waals surface area contributed by atoms with E-state index in [2.05, 4.69) is 5.32 Å². The molecule has 4 N–H and O–H groups in total. The number of carboxylic acid groups (broad SMARTS) is 1. The second-order valence-electron chi connectivity index (χ2n) is 5.60. The number of carboxylic acids is 1.